The summed E-state index contributed by atoms with van der Waals surface area (Å²) in [4.78, 5) is 0. The maximum Gasteiger partial charge on any atom is -0.0479 e. The molecule has 0 heterocycles. The predicted molar refractivity (Wildman–Crippen MR) is 42.8 cm³/mol. The van der Waals surface area contributed by atoms with Gasteiger partial charge in [-0.1, -0.05) is 47.0 Å². The largest absolute Gasteiger partial charge is 0.850 e. The third-order valence-electron chi connectivity index (χ3n) is 1.62. The van der Waals surface area contributed by atoms with E-state index in [4.69, 9.17) is 0 Å². The van der Waals surface area contributed by atoms with Crippen molar-refractivity contribution >= 4 is 0 Å². The highest BCUT2D eigenvalue weighted by atomic mass is 16.3. The van der Waals surface area contributed by atoms with Crippen LogP contribution in [0.1, 0.15) is 47.0 Å². The molecule has 0 saturated carbocycles. The van der Waals surface area contributed by atoms with Crippen molar-refractivity contribution in [2.45, 2.75) is 52.6 Å². The third kappa shape index (κ3) is 4.80. The number of rotatable bonds is 4. The Kier molecular flexibility index (Phi) is 3.95. The molecule has 0 fully saturated rings. The predicted octanol–water partition coefficient (Wildman–Crippen LogP) is 1.95. The SMILES string of the molecule is CCCC(C)([O-])CC(C)C. The summed E-state index contributed by atoms with van der Waals surface area (Å²) in [7, 11) is 0. The van der Waals surface area contributed by atoms with E-state index in [2.05, 4.69) is 20.8 Å². The molecule has 1 atom stereocenters. The molecule has 0 aromatic heterocycles. The molecule has 0 rings (SSSR count). The first-order valence-electron chi connectivity index (χ1n) is 4.18. The van der Waals surface area contributed by atoms with Crippen LogP contribution in [0.5, 0.6) is 0 Å². The van der Waals surface area contributed by atoms with Gasteiger partial charge in [0.15, 0.2) is 0 Å². The zero-order valence-electron chi connectivity index (χ0n) is 7.61. The van der Waals surface area contributed by atoms with Crippen LogP contribution in [0.2, 0.25) is 0 Å². The van der Waals surface area contributed by atoms with Gasteiger partial charge in [-0.25, -0.2) is 0 Å². The molecular weight excluding hydrogens is 124 g/mol. The fraction of sp³-hybridized carbons (Fsp3) is 1.00. The highest BCUT2D eigenvalue weighted by Gasteiger charge is 2.09. The summed E-state index contributed by atoms with van der Waals surface area (Å²) >= 11 is 0. The van der Waals surface area contributed by atoms with Crippen LogP contribution in [0, 0.1) is 5.92 Å². The van der Waals surface area contributed by atoms with E-state index in [0.717, 1.165) is 19.3 Å². The van der Waals surface area contributed by atoms with Gasteiger partial charge in [-0.05, 0) is 5.92 Å². The third-order valence-corrected chi connectivity index (χ3v) is 1.62. The molecule has 0 aliphatic rings. The molecule has 0 bridgehead atoms. The van der Waals surface area contributed by atoms with Gasteiger partial charge in [0.25, 0.3) is 0 Å². The molecule has 0 aromatic rings. The van der Waals surface area contributed by atoms with Crippen molar-refractivity contribution in [3.05, 3.63) is 0 Å². The quantitative estimate of drug-likeness (QED) is 0.590. The normalized spacial score (nSPS) is 17.4. The Hall–Kier alpha value is -0.0400. The van der Waals surface area contributed by atoms with Gasteiger partial charge in [-0.3, -0.25) is 0 Å². The zero-order chi connectivity index (χ0) is 8.20. The first-order valence-corrected chi connectivity index (χ1v) is 4.18. The smallest absolute Gasteiger partial charge is 0.0479 e. The summed E-state index contributed by atoms with van der Waals surface area (Å²) in [5.41, 5.74) is -0.678. The van der Waals surface area contributed by atoms with Crippen LogP contribution >= 0.6 is 0 Å². The minimum absolute atomic E-state index is 0.536. The lowest BCUT2D eigenvalue weighted by atomic mass is 9.90. The molecule has 1 nitrogen and oxygen atoms in total. The van der Waals surface area contributed by atoms with Crippen LogP contribution in [0.3, 0.4) is 0 Å². The van der Waals surface area contributed by atoms with Gasteiger partial charge < -0.3 is 5.11 Å². The zero-order valence-corrected chi connectivity index (χ0v) is 7.61. The highest BCUT2D eigenvalue weighted by Crippen LogP contribution is 2.17. The Morgan fingerprint density at radius 1 is 1.40 bits per heavy atom. The summed E-state index contributed by atoms with van der Waals surface area (Å²) in [5.74, 6) is 0.536. The van der Waals surface area contributed by atoms with Crippen LogP contribution in [-0.2, 0) is 0 Å². The number of hydrogen-bond acceptors (Lipinski definition) is 1. The second-order valence-corrected chi connectivity index (χ2v) is 3.80. The summed E-state index contributed by atoms with van der Waals surface area (Å²) in [6.07, 6.45) is 2.62. The van der Waals surface area contributed by atoms with E-state index in [9.17, 15) is 5.11 Å². The summed E-state index contributed by atoms with van der Waals surface area (Å²) in [5, 5.41) is 11.5. The molecule has 0 radical (unpaired) electrons. The topological polar surface area (TPSA) is 23.1 Å². The lowest BCUT2D eigenvalue weighted by molar-refractivity contribution is -0.477. The van der Waals surface area contributed by atoms with Crippen LogP contribution in [0.15, 0.2) is 0 Å². The molecule has 0 aliphatic heterocycles. The fourth-order valence-electron chi connectivity index (χ4n) is 1.49. The minimum Gasteiger partial charge on any atom is -0.850 e. The van der Waals surface area contributed by atoms with Crippen LogP contribution in [0.25, 0.3) is 0 Å². The van der Waals surface area contributed by atoms with Crippen molar-refractivity contribution in [1.82, 2.24) is 0 Å². The van der Waals surface area contributed by atoms with E-state index in [-0.39, 0.29) is 0 Å². The van der Waals surface area contributed by atoms with Crippen molar-refractivity contribution in [2.75, 3.05) is 0 Å². The molecule has 0 aromatic carbocycles. The molecule has 0 N–H and O–H groups in total. The Bertz CT molecular complexity index is 84.7. The Morgan fingerprint density at radius 2 is 1.90 bits per heavy atom. The summed E-state index contributed by atoms with van der Waals surface area (Å²) in [6, 6.07) is 0. The van der Waals surface area contributed by atoms with E-state index < -0.39 is 5.60 Å². The minimum atomic E-state index is -0.678. The number of hydrogen-bond donors (Lipinski definition) is 0. The van der Waals surface area contributed by atoms with Crippen LogP contribution < -0.4 is 5.11 Å². The van der Waals surface area contributed by atoms with E-state index in [1.165, 1.54) is 0 Å². The van der Waals surface area contributed by atoms with E-state index in [1.807, 2.05) is 6.92 Å². The second kappa shape index (κ2) is 3.97. The molecule has 0 aliphatic carbocycles. The van der Waals surface area contributed by atoms with Crippen molar-refractivity contribution in [1.29, 1.82) is 0 Å². The molecule has 1 heteroatoms. The van der Waals surface area contributed by atoms with E-state index in [1.54, 1.807) is 0 Å². The molecule has 62 valence electrons. The maximum absolute atomic E-state index is 11.5. The Balaban J connectivity index is 3.63. The maximum atomic E-state index is 11.5. The van der Waals surface area contributed by atoms with Gasteiger partial charge in [0, 0.05) is 0 Å². The Labute approximate surface area is 64.5 Å². The molecule has 0 spiro atoms. The average molecular weight is 143 g/mol. The molecule has 1 unspecified atom stereocenters. The van der Waals surface area contributed by atoms with Gasteiger partial charge in [-0.15, -0.1) is 5.60 Å². The molecular formula is C9H19O-. The monoisotopic (exact) mass is 143 g/mol. The summed E-state index contributed by atoms with van der Waals surface area (Å²) in [6.45, 7) is 8.09. The van der Waals surface area contributed by atoms with Crippen molar-refractivity contribution in [2.24, 2.45) is 5.92 Å². The standard InChI is InChI=1S/C9H19O/c1-5-6-9(4,10)7-8(2)3/h8H,5-7H2,1-4H3/q-1. The van der Waals surface area contributed by atoms with Gasteiger partial charge in [0.1, 0.15) is 0 Å². The van der Waals surface area contributed by atoms with Gasteiger partial charge in [-0.2, -0.15) is 0 Å². The van der Waals surface area contributed by atoms with Crippen LogP contribution in [-0.4, -0.2) is 5.60 Å². The summed E-state index contributed by atoms with van der Waals surface area (Å²) < 4.78 is 0. The second-order valence-electron chi connectivity index (χ2n) is 3.80. The van der Waals surface area contributed by atoms with Gasteiger partial charge in [0.05, 0.1) is 0 Å². The van der Waals surface area contributed by atoms with E-state index in [0.29, 0.717) is 5.92 Å². The van der Waals surface area contributed by atoms with E-state index >= 15 is 0 Å². The van der Waals surface area contributed by atoms with Crippen molar-refractivity contribution in [3.63, 3.8) is 0 Å². The van der Waals surface area contributed by atoms with Crippen LogP contribution in [0.4, 0.5) is 0 Å². The van der Waals surface area contributed by atoms with Crippen molar-refractivity contribution in [3.8, 4) is 0 Å². The first-order chi connectivity index (χ1) is 4.48. The fourth-order valence-corrected chi connectivity index (χ4v) is 1.49. The van der Waals surface area contributed by atoms with Gasteiger partial charge >= 0.3 is 0 Å². The lowest BCUT2D eigenvalue weighted by Crippen LogP contribution is -2.41. The lowest BCUT2D eigenvalue weighted by Gasteiger charge is -2.38. The average Bonchev–Trinajstić information content (AvgIpc) is 1.59. The Morgan fingerprint density at radius 3 is 2.20 bits per heavy atom. The first kappa shape index (κ1) is 9.96. The molecule has 0 amide bonds. The van der Waals surface area contributed by atoms with Crippen molar-refractivity contribution < 1.29 is 5.11 Å². The molecule has 0 saturated heterocycles. The highest BCUT2D eigenvalue weighted by molar-refractivity contribution is 4.70. The molecule has 10 heavy (non-hydrogen) atoms. The van der Waals surface area contributed by atoms with Gasteiger partial charge in [0.2, 0.25) is 0 Å².